The van der Waals surface area contributed by atoms with Gasteiger partial charge in [0.2, 0.25) is 0 Å². The van der Waals surface area contributed by atoms with Crippen LogP contribution in [0.25, 0.3) is 0 Å². The minimum absolute atomic E-state index is 0.200. The first-order chi connectivity index (χ1) is 8.06. The molecule has 2 N–H and O–H groups in total. The summed E-state index contributed by atoms with van der Waals surface area (Å²) in [6.45, 7) is 0. The van der Waals surface area contributed by atoms with Crippen LogP contribution in [-0.2, 0) is 13.5 Å². The van der Waals surface area contributed by atoms with Gasteiger partial charge in [-0.05, 0) is 37.9 Å². The van der Waals surface area contributed by atoms with Crippen LogP contribution in [0.15, 0.2) is 27.4 Å². The van der Waals surface area contributed by atoms with Gasteiger partial charge in [-0.15, -0.1) is 5.10 Å². The lowest BCUT2D eigenvalue weighted by Crippen LogP contribution is -2.15. The Morgan fingerprint density at radius 2 is 2.24 bits per heavy atom. The molecule has 0 saturated carbocycles. The van der Waals surface area contributed by atoms with Crippen LogP contribution < -0.4 is 5.73 Å². The average Bonchev–Trinajstić information content (AvgIpc) is 2.63. The van der Waals surface area contributed by atoms with Gasteiger partial charge in [-0.3, -0.25) is 9.67 Å². The molecular formula is C10H11Br2N5. The molecule has 2 aromatic rings. The van der Waals surface area contributed by atoms with E-state index in [1.165, 1.54) is 0 Å². The number of rotatable bonds is 3. The van der Waals surface area contributed by atoms with E-state index in [2.05, 4.69) is 47.2 Å². The molecule has 5 nitrogen and oxygen atoms in total. The first-order valence-electron chi connectivity index (χ1n) is 4.98. The molecule has 0 aliphatic carbocycles. The van der Waals surface area contributed by atoms with E-state index in [9.17, 15) is 0 Å². The summed E-state index contributed by atoms with van der Waals surface area (Å²) < 4.78 is 3.47. The predicted octanol–water partition coefficient (Wildman–Crippen LogP) is 1.98. The van der Waals surface area contributed by atoms with Crippen LogP contribution in [0.4, 0.5) is 0 Å². The number of aromatic nitrogens is 4. The summed E-state index contributed by atoms with van der Waals surface area (Å²) in [5.74, 6) is 0. The van der Waals surface area contributed by atoms with Gasteiger partial charge in [-0.1, -0.05) is 5.21 Å². The molecule has 0 aromatic carbocycles. The lowest BCUT2D eigenvalue weighted by Gasteiger charge is -2.11. The molecule has 7 heteroatoms. The second kappa shape index (κ2) is 5.24. The third-order valence-corrected chi connectivity index (χ3v) is 3.34. The summed E-state index contributed by atoms with van der Waals surface area (Å²) in [4.78, 5) is 4.31. The van der Waals surface area contributed by atoms with Gasteiger partial charge >= 0.3 is 0 Å². The van der Waals surface area contributed by atoms with Gasteiger partial charge in [-0.25, -0.2) is 0 Å². The molecule has 2 heterocycles. The summed E-state index contributed by atoms with van der Waals surface area (Å²) in [5, 5.41) is 7.88. The molecule has 0 fully saturated rings. The molecule has 1 atom stereocenters. The molecule has 17 heavy (non-hydrogen) atoms. The SMILES string of the molecule is Cn1cc(CC(N)c2ncc(Br)cc2Br)nn1. The van der Waals surface area contributed by atoms with Gasteiger partial charge in [0.25, 0.3) is 0 Å². The first-order valence-corrected chi connectivity index (χ1v) is 6.56. The van der Waals surface area contributed by atoms with E-state index in [4.69, 9.17) is 5.73 Å². The lowest BCUT2D eigenvalue weighted by atomic mass is 10.1. The monoisotopic (exact) mass is 359 g/mol. The van der Waals surface area contributed by atoms with Gasteiger partial charge < -0.3 is 5.73 Å². The van der Waals surface area contributed by atoms with Crippen LogP contribution in [0.2, 0.25) is 0 Å². The van der Waals surface area contributed by atoms with Crippen LogP contribution >= 0.6 is 31.9 Å². The van der Waals surface area contributed by atoms with Crippen molar-refractivity contribution in [2.24, 2.45) is 12.8 Å². The number of halogens is 2. The number of hydrogen-bond donors (Lipinski definition) is 1. The van der Waals surface area contributed by atoms with Crippen LogP contribution in [-0.4, -0.2) is 20.0 Å². The van der Waals surface area contributed by atoms with E-state index < -0.39 is 0 Å². The van der Waals surface area contributed by atoms with Crippen molar-refractivity contribution in [1.82, 2.24) is 20.0 Å². The Morgan fingerprint density at radius 3 is 2.82 bits per heavy atom. The standard InChI is InChI=1S/C10H11Br2N5/c1-17-5-7(15-16-17)3-9(13)10-8(12)2-6(11)4-14-10/h2,4-5,9H,3,13H2,1H3. The van der Waals surface area contributed by atoms with E-state index in [0.29, 0.717) is 6.42 Å². The summed E-state index contributed by atoms with van der Waals surface area (Å²) in [6.07, 6.45) is 4.20. The van der Waals surface area contributed by atoms with Crippen molar-refractivity contribution in [1.29, 1.82) is 0 Å². The van der Waals surface area contributed by atoms with Crippen molar-refractivity contribution in [3.8, 4) is 0 Å². The Labute approximate surface area is 116 Å². The topological polar surface area (TPSA) is 69.6 Å². The van der Waals surface area contributed by atoms with E-state index in [-0.39, 0.29) is 6.04 Å². The zero-order valence-corrected chi connectivity index (χ0v) is 12.3. The molecular weight excluding hydrogens is 350 g/mol. The minimum atomic E-state index is -0.200. The zero-order valence-electron chi connectivity index (χ0n) is 9.14. The second-order valence-electron chi connectivity index (χ2n) is 3.71. The molecule has 1 unspecified atom stereocenters. The van der Waals surface area contributed by atoms with E-state index in [0.717, 1.165) is 20.3 Å². The summed E-state index contributed by atoms with van der Waals surface area (Å²) in [7, 11) is 1.83. The van der Waals surface area contributed by atoms with Crippen molar-refractivity contribution < 1.29 is 0 Å². The third-order valence-electron chi connectivity index (χ3n) is 2.27. The molecule has 0 aliphatic rings. The summed E-state index contributed by atoms with van der Waals surface area (Å²) in [6, 6.07) is 1.73. The highest BCUT2D eigenvalue weighted by Crippen LogP contribution is 2.24. The maximum atomic E-state index is 6.10. The van der Waals surface area contributed by atoms with Crippen molar-refractivity contribution in [3.63, 3.8) is 0 Å². The smallest absolute Gasteiger partial charge is 0.0846 e. The Morgan fingerprint density at radius 1 is 1.47 bits per heavy atom. The van der Waals surface area contributed by atoms with Gasteiger partial charge in [0.15, 0.2) is 0 Å². The number of pyridine rings is 1. The molecule has 0 saturated heterocycles. The summed E-state index contributed by atoms with van der Waals surface area (Å²) >= 11 is 6.81. The number of hydrogen-bond acceptors (Lipinski definition) is 4. The fraction of sp³-hybridized carbons (Fsp3) is 0.300. The lowest BCUT2D eigenvalue weighted by molar-refractivity contribution is 0.673. The van der Waals surface area contributed by atoms with Crippen LogP contribution in [0.1, 0.15) is 17.4 Å². The molecule has 0 aliphatic heterocycles. The third kappa shape index (κ3) is 3.11. The molecule has 0 amide bonds. The van der Waals surface area contributed by atoms with Crippen LogP contribution in [0.5, 0.6) is 0 Å². The highest BCUT2D eigenvalue weighted by molar-refractivity contribution is 9.11. The molecule has 2 aromatic heterocycles. The Hall–Kier alpha value is -0.790. The highest BCUT2D eigenvalue weighted by atomic mass is 79.9. The van der Waals surface area contributed by atoms with Crippen molar-refractivity contribution in [2.75, 3.05) is 0 Å². The van der Waals surface area contributed by atoms with Gasteiger partial charge in [0.1, 0.15) is 0 Å². The van der Waals surface area contributed by atoms with Gasteiger partial charge in [-0.2, -0.15) is 0 Å². The molecule has 90 valence electrons. The summed E-state index contributed by atoms with van der Waals surface area (Å²) in [5.41, 5.74) is 7.78. The Balaban J connectivity index is 2.17. The van der Waals surface area contributed by atoms with Crippen molar-refractivity contribution in [2.45, 2.75) is 12.5 Å². The average molecular weight is 361 g/mol. The van der Waals surface area contributed by atoms with E-state index in [1.807, 2.05) is 19.3 Å². The number of nitrogens with two attached hydrogens (primary N) is 1. The quantitative estimate of drug-likeness (QED) is 0.908. The molecule has 0 spiro atoms. The highest BCUT2D eigenvalue weighted by Gasteiger charge is 2.14. The Bertz CT molecular complexity index is 525. The van der Waals surface area contributed by atoms with Crippen molar-refractivity contribution in [3.05, 3.63) is 38.8 Å². The fourth-order valence-electron chi connectivity index (χ4n) is 1.51. The maximum absolute atomic E-state index is 6.10. The first kappa shape index (κ1) is 12.7. The molecule has 0 bridgehead atoms. The van der Waals surface area contributed by atoms with Crippen molar-refractivity contribution >= 4 is 31.9 Å². The largest absolute Gasteiger partial charge is 0.322 e. The normalized spacial score (nSPS) is 12.7. The van der Waals surface area contributed by atoms with Crippen LogP contribution in [0, 0.1) is 0 Å². The minimum Gasteiger partial charge on any atom is -0.322 e. The van der Waals surface area contributed by atoms with Crippen LogP contribution in [0.3, 0.4) is 0 Å². The van der Waals surface area contributed by atoms with Gasteiger partial charge in [0.05, 0.1) is 17.4 Å². The van der Waals surface area contributed by atoms with Gasteiger partial charge in [0, 0.05) is 34.8 Å². The zero-order chi connectivity index (χ0) is 12.4. The number of aryl methyl sites for hydroxylation is 1. The second-order valence-corrected chi connectivity index (χ2v) is 5.48. The number of nitrogens with zero attached hydrogens (tertiary/aromatic N) is 4. The Kier molecular flexibility index (Phi) is 3.90. The fourth-order valence-corrected chi connectivity index (χ4v) is 2.79. The molecule has 0 radical (unpaired) electrons. The predicted molar refractivity (Wildman–Crippen MR) is 71.3 cm³/mol. The van der Waals surface area contributed by atoms with E-state index in [1.54, 1.807) is 10.9 Å². The molecule has 2 rings (SSSR count). The maximum Gasteiger partial charge on any atom is 0.0846 e. The van der Waals surface area contributed by atoms with E-state index >= 15 is 0 Å².